The van der Waals surface area contributed by atoms with Crippen LogP contribution in [-0.2, 0) is 11.2 Å². The number of amides is 1. The zero-order valence-corrected chi connectivity index (χ0v) is 12.1. The standard InChI is InChI=1S/C15H19ClN2O/c1-15(2)10-11-7-8-12(6-4-3-5-9-16)17-13(11)18-14(15)19/h4,6-8H,3,5,9-10H2,1-2H3,(H,17,18,19)/b6-4+. The van der Waals surface area contributed by atoms with Crippen LogP contribution in [0.25, 0.3) is 6.08 Å². The van der Waals surface area contributed by atoms with Crippen LogP contribution < -0.4 is 5.32 Å². The molecule has 4 heteroatoms. The Balaban J connectivity index is 2.14. The van der Waals surface area contributed by atoms with Crippen molar-refractivity contribution in [3.8, 4) is 0 Å². The molecule has 0 bridgehead atoms. The average molecular weight is 279 g/mol. The molecule has 2 heterocycles. The Morgan fingerprint density at radius 2 is 2.26 bits per heavy atom. The van der Waals surface area contributed by atoms with Gasteiger partial charge >= 0.3 is 0 Å². The highest BCUT2D eigenvalue weighted by Crippen LogP contribution is 2.32. The number of fused-ring (bicyclic) bond motifs is 1. The van der Waals surface area contributed by atoms with Gasteiger partial charge in [0.15, 0.2) is 0 Å². The highest BCUT2D eigenvalue weighted by molar-refractivity contribution is 6.17. The van der Waals surface area contributed by atoms with E-state index in [1.807, 2.05) is 32.1 Å². The number of alkyl halides is 1. The number of carbonyl (C=O) groups is 1. The molecule has 19 heavy (non-hydrogen) atoms. The summed E-state index contributed by atoms with van der Waals surface area (Å²) in [6, 6.07) is 4.04. The van der Waals surface area contributed by atoms with Gasteiger partial charge in [-0.05, 0) is 37.0 Å². The van der Waals surface area contributed by atoms with E-state index in [0.29, 0.717) is 11.7 Å². The maximum absolute atomic E-state index is 11.9. The van der Waals surface area contributed by atoms with E-state index >= 15 is 0 Å². The first-order valence-corrected chi connectivity index (χ1v) is 7.10. The van der Waals surface area contributed by atoms with E-state index in [2.05, 4.69) is 16.4 Å². The van der Waals surface area contributed by atoms with Crippen molar-refractivity contribution < 1.29 is 4.79 Å². The number of allylic oxidation sites excluding steroid dienone is 1. The molecular formula is C15H19ClN2O. The average Bonchev–Trinajstić information content (AvgIpc) is 2.36. The molecule has 0 radical (unpaired) electrons. The zero-order valence-electron chi connectivity index (χ0n) is 11.4. The highest BCUT2D eigenvalue weighted by atomic mass is 35.5. The molecule has 1 aliphatic rings. The molecule has 0 spiro atoms. The summed E-state index contributed by atoms with van der Waals surface area (Å²) in [7, 11) is 0. The lowest BCUT2D eigenvalue weighted by Crippen LogP contribution is -2.37. The van der Waals surface area contributed by atoms with Crippen LogP contribution in [0.5, 0.6) is 0 Å². The Hall–Kier alpha value is -1.35. The van der Waals surface area contributed by atoms with Gasteiger partial charge in [-0.3, -0.25) is 4.79 Å². The van der Waals surface area contributed by atoms with Crippen molar-refractivity contribution in [1.82, 2.24) is 4.98 Å². The maximum Gasteiger partial charge on any atom is 0.231 e. The van der Waals surface area contributed by atoms with E-state index < -0.39 is 0 Å². The Bertz CT molecular complexity index is 509. The second-order valence-corrected chi connectivity index (χ2v) is 5.87. The van der Waals surface area contributed by atoms with Crippen LogP contribution in [-0.4, -0.2) is 16.8 Å². The molecule has 0 aromatic carbocycles. The number of anilines is 1. The second kappa shape index (κ2) is 5.74. The van der Waals surface area contributed by atoms with Crippen molar-refractivity contribution in [2.24, 2.45) is 5.41 Å². The monoisotopic (exact) mass is 278 g/mol. The highest BCUT2D eigenvalue weighted by Gasteiger charge is 2.33. The summed E-state index contributed by atoms with van der Waals surface area (Å²) in [4.78, 5) is 16.4. The Kier molecular flexibility index (Phi) is 4.25. The maximum atomic E-state index is 11.9. The molecule has 0 atom stereocenters. The Labute approximate surface area is 119 Å². The van der Waals surface area contributed by atoms with E-state index in [0.717, 1.165) is 30.5 Å². The lowest BCUT2D eigenvalue weighted by molar-refractivity contribution is -0.124. The van der Waals surface area contributed by atoms with Crippen LogP contribution in [0.1, 0.15) is 37.9 Å². The van der Waals surface area contributed by atoms with Gasteiger partial charge < -0.3 is 5.32 Å². The minimum atomic E-state index is -0.355. The summed E-state index contributed by atoms with van der Waals surface area (Å²) in [6.45, 7) is 3.90. The minimum absolute atomic E-state index is 0.0377. The Morgan fingerprint density at radius 1 is 1.47 bits per heavy atom. The molecule has 2 rings (SSSR count). The zero-order chi connectivity index (χ0) is 13.9. The van der Waals surface area contributed by atoms with Crippen molar-refractivity contribution in [1.29, 1.82) is 0 Å². The third kappa shape index (κ3) is 3.35. The van der Waals surface area contributed by atoms with Crippen LogP contribution in [0.15, 0.2) is 18.2 Å². The smallest absolute Gasteiger partial charge is 0.231 e. The van der Waals surface area contributed by atoms with Crippen molar-refractivity contribution in [2.45, 2.75) is 33.1 Å². The van der Waals surface area contributed by atoms with Gasteiger partial charge in [-0.25, -0.2) is 4.98 Å². The van der Waals surface area contributed by atoms with Crippen molar-refractivity contribution in [3.63, 3.8) is 0 Å². The van der Waals surface area contributed by atoms with Crippen LogP contribution in [0.4, 0.5) is 5.82 Å². The fraction of sp³-hybridized carbons (Fsp3) is 0.467. The number of pyridine rings is 1. The van der Waals surface area contributed by atoms with Gasteiger partial charge in [0, 0.05) is 11.3 Å². The van der Waals surface area contributed by atoms with Gasteiger partial charge in [-0.15, -0.1) is 11.6 Å². The number of aromatic nitrogens is 1. The number of rotatable bonds is 4. The summed E-state index contributed by atoms with van der Waals surface area (Å²) < 4.78 is 0. The molecule has 1 aliphatic heterocycles. The van der Waals surface area contributed by atoms with E-state index in [4.69, 9.17) is 11.6 Å². The molecule has 0 aliphatic carbocycles. The molecule has 1 aromatic heterocycles. The van der Waals surface area contributed by atoms with Crippen molar-refractivity contribution in [3.05, 3.63) is 29.5 Å². The van der Waals surface area contributed by atoms with E-state index in [9.17, 15) is 4.79 Å². The molecule has 0 unspecified atom stereocenters. The van der Waals surface area contributed by atoms with Gasteiger partial charge in [0.2, 0.25) is 5.91 Å². The third-order valence-electron chi connectivity index (χ3n) is 3.27. The van der Waals surface area contributed by atoms with Crippen LogP contribution in [0.2, 0.25) is 0 Å². The second-order valence-electron chi connectivity index (χ2n) is 5.49. The molecule has 102 valence electrons. The first kappa shape index (κ1) is 14.1. The third-order valence-corrected chi connectivity index (χ3v) is 3.54. The predicted octanol–water partition coefficient (Wildman–Crippen LogP) is 3.63. The first-order chi connectivity index (χ1) is 9.03. The summed E-state index contributed by atoms with van der Waals surface area (Å²) in [5.74, 6) is 1.41. The predicted molar refractivity (Wildman–Crippen MR) is 79.3 cm³/mol. The molecule has 0 saturated carbocycles. The van der Waals surface area contributed by atoms with Gasteiger partial charge in [0.25, 0.3) is 0 Å². The van der Waals surface area contributed by atoms with E-state index in [1.54, 1.807) is 0 Å². The molecule has 0 fully saturated rings. The normalized spacial score (nSPS) is 17.3. The van der Waals surface area contributed by atoms with Crippen LogP contribution in [0, 0.1) is 5.41 Å². The minimum Gasteiger partial charge on any atom is -0.310 e. The first-order valence-electron chi connectivity index (χ1n) is 6.57. The number of halogens is 1. The SMILES string of the molecule is CC1(C)Cc2ccc(/C=C/CCCCl)nc2NC1=O. The van der Waals surface area contributed by atoms with Crippen molar-refractivity contribution in [2.75, 3.05) is 11.2 Å². The van der Waals surface area contributed by atoms with E-state index in [-0.39, 0.29) is 11.3 Å². The van der Waals surface area contributed by atoms with E-state index in [1.165, 1.54) is 0 Å². The van der Waals surface area contributed by atoms with Crippen molar-refractivity contribution >= 4 is 29.4 Å². The molecule has 0 saturated heterocycles. The lowest BCUT2D eigenvalue weighted by Gasteiger charge is -2.29. The quantitative estimate of drug-likeness (QED) is 0.675. The van der Waals surface area contributed by atoms with Gasteiger partial charge in [-0.1, -0.05) is 26.0 Å². The summed E-state index contributed by atoms with van der Waals surface area (Å²) in [6.07, 6.45) is 6.68. The molecular weight excluding hydrogens is 260 g/mol. The van der Waals surface area contributed by atoms with Crippen LogP contribution in [0.3, 0.4) is 0 Å². The van der Waals surface area contributed by atoms with Gasteiger partial charge in [0.05, 0.1) is 5.69 Å². The molecule has 3 nitrogen and oxygen atoms in total. The fourth-order valence-corrected chi connectivity index (χ4v) is 2.23. The topological polar surface area (TPSA) is 42.0 Å². The Morgan fingerprint density at radius 3 is 3.00 bits per heavy atom. The number of hydrogen-bond donors (Lipinski definition) is 1. The summed E-state index contributed by atoms with van der Waals surface area (Å²) in [5.41, 5.74) is 1.61. The van der Waals surface area contributed by atoms with Gasteiger partial charge in [0.1, 0.15) is 5.82 Å². The summed E-state index contributed by atoms with van der Waals surface area (Å²) >= 11 is 5.62. The number of unbranched alkanes of at least 4 members (excludes halogenated alkanes) is 1. The largest absolute Gasteiger partial charge is 0.310 e. The number of nitrogens with one attached hydrogen (secondary N) is 1. The lowest BCUT2D eigenvalue weighted by atomic mass is 9.82. The fourth-order valence-electron chi connectivity index (χ4n) is 2.08. The summed E-state index contributed by atoms with van der Waals surface area (Å²) in [5, 5.41) is 2.89. The molecule has 1 amide bonds. The number of hydrogen-bond acceptors (Lipinski definition) is 2. The molecule has 1 N–H and O–H groups in total. The number of carbonyl (C=O) groups excluding carboxylic acids is 1. The van der Waals surface area contributed by atoms with Gasteiger partial charge in [-0.2, -0.15) is 0 Å². The van der Waals surface area contributed by atoms with Crippen LogP contribution >= 0.6 is 11.6 Å². The molecule has 1 aromatic rings. The number of nitrogens with zero attached hydrogens (tertiary/aromatic N) is 1.